The summed E-state index contributed by atoms with van der Waals surface area (Å²) in [6, 6.07) is 17.7. The molecule has 0 atom stereocenters. The Bertz CT molecular complexity index is 1100. The minimum absolute atomic E-state index is 0.0643. The van der Waals surface area contributed by atoms with E-state index in [1.165, 1.54) is 5.56 Å². The number of benzene rings is 2. The van der Waals surface area contributed by atoms with Crippen LogP contribution >= 0.6 is 0 Å². The number of piperidine rings is 1. The molecule has 1 saturated heterocycles. The zero-order valence-electron chi connectivity index (χ0n) is 17.9. The first-order valence-electron chi connectivity index (χ1n) is 10.5. The number of carbonyl (C=O) groups excluding carboxylic acids is 1. The fourth-order valence-corrected chi connectivity index (χ4v) is 4.24. The smallest absolute Gasteiger partial charge is 0.253 e. The van der Waals surface area contributed by atoms with E-state index in [4.69, 9.17) is 10.00 Å². The highest BCUT2D eigenvalue weighted by Crippen LogP contribution is 2.29. The number of nitrogens with one attached hydrogen (secondary N) is 1. The Kier molecular flexibility index (Phi) is 6.15. The number of rotatable bonds is 5. The van der Waals surface area contributed by atoms with E-state index in [1.54, 1.807) is 7.11 Å². The second-order valence-electron chi connectivity index (χ2n) is 7.96. The van der Waals surface area contributed by atoms with Gasteiger partial charge in [0.05, 0.1) is 23.0 Å². The van der Waals surface area contributed by atoms with E-state index >= 15 is 0 Å². The van der Waals surface area contributed by atoms with Crippen LogP contribution in [-0.4, -0.2) is 41.0 Å². The molecule has 1 aliphatic rings. The Morgan fingerprint density at radius 2 is 1.97 bits per heavy atom. The molecule has 2 heterocycles. The van der Waals surface area contributed by atoms with E-state index in [9.17, 15) is 4.79 Å². The number of aromatic amines is 1. The van der Waals surface area contributed by atoms with Gasteiger partial charge in [-0.15, -0.1) is 0 Å². The highest BCUT2D eigenvalue weighted by Gasteiger charge is 2.25. The largest absolute Gasteiger partial charge is 0.377 e. The summed E-state index contributed by atoms with van der Waals surface area (Å²) in [4.78, 5) is 22.9. The molecule has 0 spiro atoms. The minimum atomic E-state index is 0.0643. The molecule has 0 aliphatic carbocycles. The van der Waals surface area contributed by atoms with Gasteiger partial charge >= 0.3 is 0 Å². The quantitative estimate of drug-likeness (QED) is 0.670. The number of nitrogens with zero attached hydrogens (tertiary/aromatic N) is 3. The number of imidazole rings is 1. The van der Waals surface area contributed by atoms with E-state index in [2.05, 4.69) is 16.0 Å². The van der Waals surface area contributed by atoms with Gasteiger partial charge in [0.1, 0.15) is 12.4 Å². The summed E-state index contributed by atoms with van der Waals surface area (Å²) in [7, 11) is 1.64. The molecular weight excluding hydrogens is 388 g/mol. The molecule has 1 amide bonds. The van der Waals surface area contributed by atoms with Crippen LogP contribution in [0.15, 0.2) is 48.5 Å². The second kappa shape index (κ2) is 9.15. The summed E-state index contributed by atoms with van der Waals surface area (Å²) in [6.45, 7) is 3.84. The van der Waals surface area contributed by atoms with Gasteiger partial charge in [-0.25, -0.2) is 4.98 Å². The molecule has 1 fully saturated rings. The Morgan fingerprint density at radius 1 is 1.23 bits per heavy atom. The lowest BCUT2D eigenvalue weighted by Gasteiger charge is -2.32. The van der Waals surface area contributed by atoms with Gasteiger partial charge in [0.25, 0.3) is 5.91 Å². The molecule has 0 radical (unpaired) electrons. The monoisotopic (exact) mass is 414 g/mol. The maximum atomic E-state index is 13.1. The molecule has 1 aliphatic heterocycles. The number of carbonyl (C=O) groups is 1. The zero-order chi connectivity index (χ0) is 21.8. The third kappa shape index (κ3) is 4.52. The zero-order valence-corrected chi connectivity index (χ0v) is 17.9. The molecular formula is C25H26N4O2. The topological polar surface area (TPSA) is 82.0 Å². The van der Waals surface area contributed by atoms with Crippen LogP contribution in [0, 0.1) is 18.3 Å². The van der Waals surface area contributed by atoms with Gasteiger partial charge in [0, 0.05) is 31.3 Å². The van der Waals surface area contributed by atoms with Crippen LogP contribution in [0.3, 0.4) is 0 Å². The minimum Gasteiger partial charge on any atom is -0.377 e. The van der Waals surface area contributed by atoms with Gasteiger partial charge < -0.3 is 14.6 Å². The first-order chi connectivity index (χ1) is 15.1. The van der Waals surface area contributed by atoms with E-state index in [1.807, 2.05) is 60.4 Å². The number of aromatic nitrogens is 2. The van der Waals surface area contributed by atoms with Crippen LogP contribution in [0.5, 0.6) is 0 Å². The molecule has 31 heavy (non-hydrogen) atoms. The molecule has 0 unspecified atom stereocenters. The Hall–Kier alpha value is -3.43. The maximum Gasteiger partial charge on any atom is 0.253 e. The van der Waals surface area contributed by atoms with Crippen LogP contribution in [0.4, 0.5) is 0 Å². The maximum absolute atomic E-state index is 13.1. The summed E-state index contributed by atoms with van der Waals surface area (Å²) in [5.41, 5.74) is 5.37. The summed E-state index contributed by atoms with van der Waals surface area (Å²) >= 11 is 0. The molecule has 6 heteroatoms. The molecule has 1 aromatic heterocycles. The fourth-order valence-electron chi connectivity index (χ4n) is 4.24. The van der Waals surface area contributed by atoms with Gasteiger partial charge in [-0.05, 0) is 55.5 Å². The predicted octanol–water partition coefficient (Wildman–Crippen LogP) is 4.42. The fraction of sp³-hybridized carbons (Fsp3) is 0.320. The highest BCUT2D eigenvalue weighted by molar-refractivity contribution is 5.95. The lowest BCUT2D eigenvalue weighted by molar-refractivity contribution is 0.0713. The molecule has 0 saturated carbocycles. The summed E-state index contributed by atoms with van der Waals surface area (Å²) < 4.78 is 5.16. The van der Waals surface area contributed by atoms with E-state index in [0.717, 1.165) is 48.7 Å². The molecule has 4 rings (SSSR count). The normalized spacial score (nSPS) is 14.4. The first-order valence-corrected chi connectivity index (χ1v) is 10.5. The van der Waals surface area contributed by atoms with Gasteiger partial charge in [-0.3, -0.25) is 4.79 Å². The Morgan fingerprint density at radius 3 is 2.65 bits per heavy atom. The van der Waals surface area contributed by atoms with Crippen molar-refractivity contribution >= 4 is 5.91 Å². The molecule has 3 aromatic rings. The van der Waals surface area contributed by atoms with Crippen molar-refractivity contribution in [2.24, 2.45) is 0 Å². The number of ether oxygens (including phenoxy) is 1. The standard InChI is InChI=1S/C25H26N4O2/c1-17-24(28-23(27-17)16-31-2)21-4-3-5-22(14-21)25(30)29-12-10-20(11-13-29)19-8-6-18(15-26)7-9-19/h3-9,14,20H,10-13,16H2,1-2H3,(H,27,28). The number of H-pyrrole nitrogens is 1. The number of hydrogen-bond acceptors (Lipinski definition) is 4. The summed E-state index contributed by atoms with van der Waals surface area (Å²) in [5.74, 6) is 1.26. The average molecular weight is 415 g/mol. The SMILES string of the molecule is COCc1nc(C)c(-c2cccc(C(=O)N3CCC(c4ccc(C#N)cc4)CC3)c2)[nH]1. The highest BCUT2D eigenvalue weighted by atomic mass is 16.5. The van der Waals surface area contributed by atoms with Crippen molar-refractivity contribution in [3.63, 3.8) is 0 Å². The van der Waals surface area contributed by atoms with Gasteiger partial charge in [0.15, 0.2) is 0 Å². The van der Waals surface area contributed by atoms with Gasteiger partial charge in [-0.1, -0.05) is 24.3 Å². The van der Waals surface area contributed by atoms with Crippen LogP contribution in [-0.2, 0) is 11.3 Å². The van der Waals surface area contributed by atoms with Crippen LogP contribution in [0.2, 0.25) is 0 Å². The molecule has 0 bridgehead atoms. The molecule has 6 nitrogen and oxygen atoms in total. The van der Waals surface area contributed by atoms with E-state index < -0.39 is 0 Å². The molecule has 2 aromatic carbocycles. The molecule has 158 valence electrons. The van der Waals surface area contributed by atoms with Crippen LogP contribution in [0.1, 0.15) is 51.8 Å². The number of hydrogen-bond donors (Lipinski definition) is 1. The van der Waals surface area contributed by atoms with Gasteiger partial charge in [-0.2, -0.15) is 5.26 Å². The number of methoxy groups -OCH3 is 1. The third-order valence-corrected chi connectivity index (χ3v) is 5.91. The van der Waals surface area contributed by atoms with E-state index in [0.29, 0.717) is 23.7 Å². The van der Waals surface area contributed by atoms with Gasteiger partial charge in [0.2, 0.25) is 0 Å². The van der Waals surface area contributed by atoms with Crippen molar-refractivity contribution in [2.75, 3.05) is 20.2 Å². The van der Waals surface area contributed by atoms with Crippen LogP contribution in [0.25, 0.3) is 11.3 Å². The number of amides is 1. The second-order valence-corrected chi connectivity index (χ2v) is 7.96. The Labute approximate surface area is 182 Å². The van der Waals surface area contributed by atoms with E-state index in [-0.39, 0.29) is 5.91 Å². The van der Waals surface area contributed by atoms with Crippen molar-refractivity contribution < 1.29 is 9.53 Å². The first kappa shape index (κ1) is 20.8. The number of likely N-dealkylation sites (tertiary alicyclic amines) is 1. The summed E-state index contributed by atoms with van der Waals surface area (Å²) in [5, 5.41) is 8.97. The van der Waals surface area contributed by atoms with Crippen molar-refractivity contribution in [3.05, 3.63) is 76.7 Å². The van der Waals surface area contributed by atoms with Crippen LogP contribution < -0.4 is 0 Å². The van der Waals surface area contributed by atoms with Crippen molar-refractivity contribution in [1.29, 1.82) is 5.26 Å². The lowest BCUT2D eigenvalue weighted by Crippen LogP contribution is -2.37. The predicted molar refractivity (Wildman–Crippen MR) is 119 cm³/mol. The Balaban J connectivity index is 1.44. The van der Waals surface area contributed by atoms with Crippen molar-refractivity contribution in [1.82, 2.24) is 14.9 Å². The van der Waals surface area contributed by atoms with Crippen molar-refractivity contribution in [2.45, 2.75) is 32.3 Å². The number of nitriles is 1. The number of aryl methyl sites for hydroxylation is 1. The average Bonchev–Trinajstić information content (AvgIpc) is 3.19. The summed E-state index contributed by atoms with van der Waals surface area (Å²) in [6.07, 6.45) is 1.86. The third-order valence-electron chi connectivity index (χ3n) is 5.91. The molecule has 1 N–H and O–H groups in total. The van der Waals surface area contributed by atoms with Crippen molar-refractivity contribution in [3.8, 4) is 17.3 Å². The lowest BCUT2D eigenvalue weighted by atomic mass is 9.89.